The van der Waals surface area contributed by atoms with Crippen LogP contribution in [0.2, 0.25) is 0 Å². The van der Waals surface area contributed by atoms with E-state index >= 15 is 0 Å². The Morgan fingerprint density at radius 2 is 1.79 bits per heavy atom. The number of hydrogen-bond donors (Lipinski definition) is 0. The summed E-state index contributed by atoms with van der Waals surface area (Å²) < 4.78 is 5.46. The molecule has 1 atom stereocenters. The van der Waals surface area contributed by atoms with Gasteiger partial charge in [-0.15, -0.1) is 0 Å². The van der Waals surface area contributed by atoms with Gasteiger partial charge in [-0.25, -0.2) is 0 Å². The van der Waals surface area contributed by atoms with Crippen molar-refractivity contribution in [3.63, 3.8) is 0 Å². The second-order valence-corrected chi connectivity index (χ2v) is 3.76. The monoisotopic (exact) mass is 190 g/mol. The lowest BCUT2D eigenvalue weighted by Crippen LogP contribution is -2.08. The second-order valence-electron chi connectivity index (χ2n) is 3.76. The van der Waals surface area contributed by atoms with Crippen LogP contribution in [0.15, 0.2) is 42.5 Å². The quantitative estimate of drug-likeness (QED) is 0.659. The zero-order valence-electron chi connectivity index (χ0n) is 9.16. The lowest BCUT2D eigenvalue weighted by Gasteiger charge is -2.21. The van der Waals surface area contributed by atoms with E-state index in [-0.39, 0.29) is 6.10 Å². The first-order chi connectivity index (χ1) is 6.66. The van der Waals surface area contributed by atoms with E-state index in [1.54, 1.807) is 7.11 Å². The average Bonchev–Trinajstić information content (AvgIpc) is 2.20. The van der Waals surface area contributed by atoms with Gasteiger partial charge in [0.15, 0.2) is 0 Å². The van der Waals surface area contributed by atoms with Crippen LogP contribution in [0.25, 0.3) is 0 Å². The summed E-state index contributed by atoms with van der Waals surface area (Å²) in [6, 6.07) is 10.2. The van der Waals surface area contributed by atoms with Gasteiger partial charge in [0, 0.05) is 7.11 Å². The summed E-state index contributed by atoms with van der Waals surface area (Å²) >= 11 is 0. The van der Waals surface area contributed by atoms with Gasteiger partial charge in [-0.2, -0.15) is 0 Å². The highest BCUT2D eigenvalue weighted by atomic mass is 16.5. The smallest absolute Gasteiger partial charge is 0.103 e. The van der Waals surface area contributed by atoms with Gasteiger partial charge in [-0.3, -0.25) is 0 Å². The maximum atomic E-state index is 5.46. The van der Waals surface area contributed by atoms with Gasteiger partial charge in [0.05, 0.1) is 0 Å². The predicted octanol–water partition coefficient (Wildman–Crippen LogP) is 3.59. The molecule has 0 heterocycles. The second kappa shape index (κ2) is 4.97. The maximum absolute atomic E-state index is 5.46. The van der Waals surface area contributed by atoms with Crippen molar-refractivity contribution in [1.82, 2.24) is 0 Å². The van der Waals surface area contributed by atoms with Crippen molar-refractivity contribution in [3.05, 3.63) is 48.0 Å². The molecular weight excluding hydrogens is 172 g/mol. The van der Waals surface area contributed by atoms with Gasteiger partial charge < -0.3 is 4.74 Å². The first-order valence-corrected chi connectivity index (χ1v) is 4.93. The van der Waals surface area contributed by atoms with Gasteiger partial charge in [-0.1, -0.05) is 50.8 Å². The van der Waals surface area contributed by atoms with Crippen molar-refractivity contribution in [3.8, 4) is 0 Å². The molecule has 1 aromatic carbocycles. The fourth-order valence-electron chi connectivity index (χ4n) is 1.43. The Balaban J connectivity index is 2.88. The Kier molecular flexibility index (Phi) is 3.90. The molecule has 0 bridgehead atoms. The van der Waals surface area contributed by atoms with Crippen molar-refractivity contribution in [2.24, 2.45) is 5.92 Å². The van der Waals surface area contributed by atoms with Crippen LogP contribution in [0.4, 0.5) is 0 Å². The van der Waals surface area contributed by atoms with Crippen molar-refractivity contribution >= 4 is 0 Å². The van der Waals surface area contributed by atoms with Crippen LogP contribution in [-0.4, -0.2) is 7.11 Å². The van der Waals surface area contributed by atoms with Crippen LogP contribution in [0.1, 0.15) is 25.5 Å². The summed E-state index contributed by atoms with van der Waals surface area (Å²) in [6.07, 6.45) is 0.0243. The molecule has 0 spiro atoms. The molecule has 0 unspecified atom stereocenters. The van der Waals surface area contributed by atoms with E-state index in [9.17, 15) is 0 Å². The zero-order chi connectivity index (χ0) is 10.6. The van der Waals surface area contributed by atoms with Crippen LogP contribution in [0.5, 0.6) is 0 Å². The molecule has 1 aromatic rings. The zero-order valence-corrected chi connectivity index (χ0v) is 9.16. The van der Waals surface area contributed by atoms with E-state index in [0.29, 0.717) is 5.92 Å². The van der Waals surface area contributed by atoms with Crippen LogP contribution >= 0.6 is 0 Å². The first kappa shape index (κ1) is 11.0. The topological polar surface area (TPSA) is 9.23 Å². The third-order valence-corrected chi connectivity index (χ3v) is 2.42. The Hall–Kier alpha value is -1.08. The SMILES string of the molecule is C=C(C(C)C)[C@H](OC)c1ccccc1. The van der Waals surface area contributed by atoms with Crippen LogP contribution < -0.4 is 0 Å². The third-order valence-electron chi connectivity index (χ3n) is 2.42. The average molecular weight is 190 g/mol. The van der Waals surface area contributed by atoms with Gasteiger partial charge in [0.2, 0.25) is 0 Å². The first-order valence-electron chi connectivity index (χ1n) is 4.93. The largest absolute Gasteiger partial charge is 0.372 e. The lowest BCUT2D eigenvalue weighted by molar-refractivity contribution is 0.126. The maximum Gasteiger partial charge on any atom is 0.103 e. The molecule has 76 valence electrons. The van der Waals surface area contributed by atoms with E-state index in [1.165, 1.54) is 5.56 Å². The molecule has 0 amide bonds. The highest BCUT2D eigenvalue weighted by Gasteiger charge is 2.15. The summed E-state index contributed by atoms with van der Waals surface area (Å²) in [6.45, 7) is 8.35. The fourth-order valence-corrected chi connectivity index (χ4v) is 1.43. The minimum atomic E-state index is 0.0243. The molecule has 0 aliphatic carbocycles. The number of ether oxygens (including phenoxy) is 1. The van der Waals surface area contributed by atoms with E-state index < -0.39 is 0 Å². The van der Waals surface area contributed by atoms with Gasteiger partial charge >= 0.3 is 0 Å². The van der Waals surface area contributed by atoms with E-state index in [4.69, 9.17) is 4.74 Å². The summed E-state index contributed by atoms with van der Waals surface area (Å²) in [5.74, 6) is 0.445. The third kappa shape index (κ3) is 2.46. The highest BCUT2D eigenvalue weighted by molar-refractivity contribution is 5.25. The molecule has 0 saturated heterocycles. The number of methoxy groups -OCH3 is 1. The van der Waals surface area contributed by atoms with Crippen molar-refractivity contribution in [1.29, 1.82) is 0 Å². The Morgan fingerprint density at radius 1 is 1.21 bits per heavy atom. The fraction of sp³-hybridized carbons (Fsp3) is 0.385. The Labute approximate surface area is 86.4 Å². The molecule has 1 rings (SSSR count). The number of rotatable bonds is 4. The molecular formula is C13H18O. The summed E-state index contributed by atoms with van der Waals surface area (Å²) in [5, 5.41) is 0. The molecule has 1 nitrogen and oxygen atoms in total. The molecule has 0 aliphatic heterocycles. The van der Waals surface area contributed by atoms with E-state index in [0.717, 1.165) is 5.57 Å². The van der Waals surface area contributed by atoms with Gasteiger partial charge in [0.1, 0.15) is 6.10 Å². The number of hydrogen-bond acceptors (Lipinski definition) is 1. The van der Waals surface area contributed by atoms with E-state index in [1.807, 2.05) is 18.2 Å². The van der Waals surface area contributed by atoms with Crippen LogP contribution in [0, 0.1) is 5.92 Å². The minimum absolute atomic E-state index is 0.0243. The van der Waals surface area contributed by atoms with Crippen molar-refractivity contribution in [2.75, 3.05) is 7.11 Å². The van der Waals surface area contributed by atoms with Gasteiger partial charge in [-0.05, 0) is 17.1 Å². The normalized spacial score (nSPS) is 12.9. The predicted molar refractivity (Wildman–Crippen MR) is 60.2 cm³/mol. The molecule has 0 radical (unpaired) electrons. The van der Waals surface area contributed by atoms with Crippen molar-refractivity contribution < 1.29 is 4.74 Å². The molecule has 0 fully saturated rings. The van der Waals surface area contributed by atoms with Crippen molar-refractivity contribution in [2.45, 2.75) is 20.0 Å². The summed E-state index contributed by atoms with van der Waals surface area (Å²) in [4.78, 5) is 0. The summed E-state index contributed by atoms with van der Waals surface area (Å²) in [5.41, 5.74) is 2.30. The molecule has 1 heteroatoms. The Morgan fingerprint density at radius 3 is 2.21 bits per heavy atom. The standard InChI is InChI=1S/C13H18O/c1-10(2)11(3)13(14-4)12-8-6-5-7-9-12/h5-10,13H,3H2,1-2,4H3/t13-/m0/s1. The molecule has 0 aromatic heterocycles. The minimum Gasteiger partial charge on any atom is -0.372 e. The Bertz CT molecular complexity index is 287. The molecule has 0 saturated carbocycles. The van der Waals surface area contributed by atoms with Crippen LogP contribution in [0.3, 0.4) is 0 Å². The highest BCUT2D eigenvalue weighted by Crippen LogP contribution is 2.28. The lowest BCUT2D eigenvalue weighted by atomic mass is 9.94. The molecule has 0 N–H and O–H groups in total. The van der Waals surface area contributed by atoms with Gasteiger partial charge in [0.25, 0.3) is 0 Å². The summed E-state index contributed by atoms with van der Waals surface area (Å²) in [7, 11) is 1.73. The number of benzene rings is 1. The van der Waals surface area contributed by atoms with Crippen LogP contribution in [-0.2, 0) is 4.74 Å². The molecule has 14 heavy (non-hydrogen) atoms. The molecule has 0 aliphatic rings. The van der Waals surface area contributed by atoms with E-state index in [2.05, 4.69) is 32.6 Å².